The lowest BCUT2D eigenvalue weighted by Gasteiger charge is -2.44. The summed E-state index contributed by atoms with van der Waals surface area (Å²) in [4.78, 5) is 16.9. The van der Waals surface area contributed by atoms with Crippen LogP contribution in [0.25, 0.3) is 0 Å². The molecular weight excluding hydrogens is 297 g/mol. The lowest BCUT2D eigenvalue weighted by molar-refractivity contribution is -0.142. The summed E-state index contributed by atoms with van der Waals surface area (Å²) < 4.78 is 0. The van der Waals surface area contributed by atoms with Gasteiger partial charge in [-0.05, 0) is 32.1 Å². The number of hydrogen-bond acceptors (Lipinski definition) is 3. The van der Waals surface area contributed by atoms with E-state index in [4.69, 9.17) is 5.73 Å². The van der Waals surface area contributed by atoms with Crippen LogP contribution < -0.4 is 5.73 Å². The fourth-order valence-electron chi connectivity index (χ4n) is 3.65. The van der Waals surface area contributed by atoms with E-state index >= 15 is 0 Å². The second kappa shape index (κ2) is 7.30. The number of halogens is 2. The van der Waals surface area contributed by atoms with Gasteiger partial charge in [0.15, 0.2) is 0 Å². The molecule has 0 unspecified atom stereocenters. The predicted molar refractivity (Wildman–Crippen MR) is 85.7 cm³/mol. The van der Waals surface area contributed by atoms with Crippen molar-refractivity contribution in [2.45, 2.75) is 56.5 Å². The quantitative estimate of drug-likeness (QED) is 0.843. The van der Waals surface area contributed by atoms with E-state index in [1.807, 2.05) is 4.90 Å². The summed E-state index contributed by atoms with van der Waals surface area (Å²) in [6.45, 7) is 3.86. The number of nitrogens with two attached hydrogens (primary N) is 1. The lowest BCUT2D eigenvalue weighted by atomic mass is 9.76. The summed E-state index contributed by atoms with van der Waals surface area (Å²) in [5.74, 6) is 0.208. The van der Waals surface area contributed by atoms with Crippen LogP contribution >= 0.6 is 24.8 Å². The third-order valence-corrected chi connectivity index (χ3v) is 5.11. The average Bonchev–Trinajstić information content (AvgIpc) is 2.89. The molecule has 0 atom stereocenters. The molecule has 1 heterocycles. The Labute approximate surface area is 134 Å². The highest BCUT2D eigenvalue weighted by atomic mass is 35.5. The molecule has 0 spiro atoms. The number of hydrogen-bond donors (Lipinski definition) is 1. The Balaban J connectivity index is 0.000001000. The highest BCUT2D eigenvalue weighted by molar-refractivity contribution is 5.87. The monoisotopic (exact) mass is 323 g/mol. The molecule has 0 aromatic carbocycles. The molecule has 0 aromatic heterocycles. The first-order valence-electron chi connectivity index (χ1n) is 7.51. The van der Waals surface area contributed by atoms with Gasteiger partial charge in [-0.2, -0.15) is 0 Å². The van der Waals surface area contributed by atoms with Crippen LogP contribution in [0, 0.1) is 0 Å². The average molecular weight is 324 g/mol. The molecule has 1 amide bonds. The molecule has 2 aliphatic carbocycles. The highest BCUT2D eigenvalue weighted by Gasteiger charge is 2.43. The summed E-state index contributed by atoms with van der Waals surface area (Å²) in [6, 6.07) is 0.790. The van der Waals surface area contributed by atoms with Crippen molar-refractivity contribution in [3.63, 3.8) is 0 Å². The van der Waals surface area contributed by atoms with Gasteiger partial charge in [-0.3, -0.25) is 9.69 Å². The van der Waals surface area contributed by atoms with Crippen LogP contribution in [-0.4, -0.2) is 53.5 Å². The van der Waals surface area contributed by atoms with Gasteiger partial charge in [0.2, 0.25) is 5.91 Å². The molecule has 3 rings (SSSR count). The zero-order chi connectivity index (χ0) is 12.6. The van der Waals surface area contributed by atoms with E-state index in [0.717, 1.165) is 51.5 Å². The topological polar surface area (TPSA) is 49.6 Å². The van der Waals surface area contributed by atoms with E-state index in [1.165, 1.54) is 25.7 Å². The van der Waals surface area contributed by atoms with Gasteiger partial charge >= 0.3 is 0 Å². The minimum absolute atomic E-state index is 0. The molecule has 1 saturated heterocycles. The largest absolute Gasteiger partial charge is 0.339 e. The third-order valence-electron chi connectivity index (χ3n) is 5.11. The molecular formula is C14H27Cl2N3O. The number of nitrogens with zero attached hydrogens (tertiary/aromatic N) is 2. The van der Waals surface area contributed by atoms with E-state index in [0.29, 0.717) is 0 Å². The van der Waals surface area contributed by atoms with Gasteiger partial charge in [-0.15, -0.1) is 24.8 Å². The van der Waals surface area contributed by atoms with Crippen LogP contribution in [0.5, 0.6) is 0 Å². The van der Waals surface area contributed by atoms with E-state index in [2.05, 4.69) is 4.90 Å². The minimum Gasteiger partial charge on any atom is -0.339 e. The molecule has 0 bridgehead atoms. The zero-order valence-electron chi connectivity index (χ0n) is 12.1. The molecule has 2 N–H and O–H groups in total. The normalized spacial score (nSPS) is 26.4. The Morgan fingerprint density at radius 2 is 1.50 bits per heavy atom. The van der Waals surface area contributed by atoms with E-state index in [-0.39, 0.29) is 30.7 Å². The number of carbonyl (C=O) groups is 1. The standard InChI is InChI=1S/C14H25N3O.2ClH/c15-14(6-3-7-14)13(18)17-10-8-16(9-11-17)12-4-1-2-5-12;;/h12H,1-11,15H2;2*1H. The first-order valence-corrected chi connectivity index (χ1v) is 7.51. The Hall–Kier alpha value is -0.0300. The number of amides is 1. The summed E-state index contributed by atoms with van der Waals surface area (Å²) in [7, 11) is 0. The van der Waals surface area contributed by atoms with Crippen molar-refractivity contribution in [1.82, 2.24) is 9.80 Å². The van der Waals surface area contributed by atoms with E-state index < -0.39 is 5.54 Å². The molecule has 3 fully saturated rings. The molecule has 3 aliphatic rings. The number of rotatable bonds is 2. The molecule has 0 radical (unpaired) electrons. The van der Waals surface area contributed by atoms with Crippen LogP contribution in [-0.2, 0) is 4.79 Å². The van der Waals surface area contributed by atoms with Crippen LogP contribution in [0.3, 0.4) is 0 Å². The van der Waals surface area contributed by atoms with E-state index in [1.54, 1.807) is 0 Å². The summed E-state index contributed by atoms with van der Waals surface area (Å²) in [5.41, 5.74) is 5.62. The highest BCUT2D eigenvalue weighted by Crippen LogP contribution is 2.31. The van der Waals surface area contributed by atoms with Crippen LogP contribution in [0.2, 0.25) is 0 Å². The van der Waals surface area contributed by atoms with Crippen molar-refractivity contribution >= 4 is 30.7 Å². The Kier molecular flexibility index (Phi) is 6.58. The van der Waals surface area contributed by atoms with Crippen molar-refractivity contribution in [1.29, 1.82) is 0 Å². The maximum Gasteiger partial charge on any atom is 0.242 e. The first-order chi connectivity index (χ1) is 8.69. The number of piperazine rings is 1. The molecule has 1 aliphatic heterocycles. The Morgan fingerprint density at radius 3 is 1.95 bits per heavy atom. The molecule has 20 heavy (non-hydrogen) atoms. The van der Waals surface area contributed by atoms with Gasteiger partial charge in [0, 0.05) is 32.2 Å². The second-order valence-corrected chi connectivity index (χ2v) is 6.28. The SMILES string of the molecule is Cl.Cl.NC1(C(=O)N2CCN(C3CCCC3)CC2)CCC1. The predicted octanol–water partition coefficient (Wildman–Crippen LogP) is 1.80. The zero-order valence-corrected chi connectivity index (χ0v) is 13.7. The Morgan fingerprint density at radius 1 is 0.950 bits per heavy atom. The third kappa shape index (κ3) is 3.41. The van der Waals surface area contributed by atoms with Crippen LogP contribution in [0.4, 0.5) is 0 Å². The Bertz CT molecular complexity index is 322. The van der Waals surface area contributed by atoms with Crippen LogP contribution in [0.1, 0.15) is 44.9 Å². The minimum atomic E-state index is -0.504. The van der Waals surface area contributed by atoms with Crippen molar-refractivity contribution in [3.05, 3.63) is 0 Å². The van der Waals surface area contributed by atoms with Crippen molar-refractivity contribution in [2.24, 2.45) is 5.73 Å². The smallest absolute Gasteiger partial charge is 0.242 e. The molecule has 2 saturated carbocycles. The fourth-order valence-corrected chi connectivity index (χ4v) is 3.65. The van der Waals surface area contributed by atoms with Crippen molar-refractivity contribution < 1.29 is 4.79 Å². The molecule has 0 aromatic rings. The maximum absolute atomic E-state index is 12.3. The molecule has 4 nitrogen and oxygen atoms in total. The summed E-state index contributed by atoms with van der Waals surface area (Å²) >= 11 is 0. The summed E-state index contributed by atoms with van der Waals surface area (Å²) in [5, 5.41) is 0. The van der Waals surface area contributed by atoms with Crippen molar-refractivity contribution in [2.75, 3.05) is 26.2 Å². The molecule has 118 valence electrons. The van der Waals surface area contributed by atoms with Crippen LogP contribution in [0.15, 0.2) is 0 Å². The number of carbonyl (C=O) groups excluding carboxylic acids is 1. The van der Waals surface area contributed by atoms with E-state index in [9.17, 15) is 4.79 Å². The fraction of sp³-hybridized carbons (Fsp3) is 0.929. The van der Waals surface area contributed by atoms with Gasteiger partial charge < -0.3 is 10.6 Å². The van der Waals surface area contributed by atoms with Gasteiger partial charge in [0.25, 0.3) is 0 Å². The lowest BCUT2D eigenvalue weighted by Crippen LogP contribution is -2.63. The van der Waals surface area contributed by atoms with Crippen molar-refractivity contribution in [3.8, 4) is 0 Å². The van der Waals surface area contributed by atoms with Gasteiger partial charge in [-0.1, -0.05) is 12.8 Å². The molecule has 6 heteroatoms. The van der Waals surface area contributed by atoms with Gasteiger partial charge in [-0.25, -0.2) is 0 Å². The first kappa shape index (κ1) is 18.0. The maximum atomic E-state index is 12.3. The second-order valence-electron chi connectivity index (χ2n) is 6.28. The summed E-state index contributed by atoms with van der Waals surface area (Å²) in [6.07, 6.45) is 8.36. The van der Waals surface area contributed by atoms with Gasteiger partial charge in [0.05, 0.1) is 5.54 Å². The van der Waals surface area contributed by atoms with Gasteiger partial charge in [0.1, 0.15) is 0 Å².